The van der Waals surface area contributed by atoms with Crippen molar-refractivity contribution in [3.63, 3.8) is 0 Å². The van der Waals surface area contributed by atoms with Crippen molar-refractivity contribution >= 4 is 11.6 Å². The predicted molar refractivity (Wildman–Crippen MR) is 67.2 cm³/mol. The number of amides is 1. The van der Waals surface area contributed by atoms with Crippen molar-refractivity contribution in [3.05, 3.63) is 23.8 Å². The second kappa shape index (κ2) is 4.04. The number of rotatable bonds is 2. The minimum atomic E-state index is -0.812. The lowest BCUT2D eigenvalue weighted by Crippen LogP contribution is -2.45. The minimum absolute atomic E-state index is 0.123. The molecule has 0 spiro atoms. The molecule has 3 N–H and O–H groups in total. The number of fused-ring (bicyclic) bond motifs is 1. The first-order valence-corrected chi connectivity index (χ1v) is 5.78. The molecule has 1 aliphatic rings. The van der Waals surface area contributed by atoms with E-state index in [2.05, 4.69) is 12.2 Å². The van der Waals surface area contributed by atoms with Crippen LogP contribution in [0.25, 0.3) is 0 Å². The van der Waals surface area contributed by atoms with Gasteiger partial charge in [-0.05, 0) is 44.0 Å². The number of carbonyl (C=O) groups excluding carboxylic acids is 1. The summed E-state index contributed by atoms with van der Waals surface area (Å²) in [4.78, 5) is 11.8. The molecule has 0 saturated carbocycles. The Kier molecular flexibility index (Phi) is 2.83. The van der Waals surface area contributed by atoms with Crippen LogP contribution in [0.1, 0.15) is 32.3 Å². The van der Waals surface area contributed by atoms with E-state index in [0.29, 0.717) is 12.3 Å². The van der Waals surface area contributed by atoms with Gasteiger partial charge in [0.2, 0.25) is 0 Å². The Morgan fingerprint density at radius 3 is 2.82 bits per heavy atom. The average molecular weight is 234 g/mol. The minimum Gasteiger partial charge on any atom is -0.476 e. The lowest BCUT2D eigenvalue weighted by atomic mass is 9.99. The summed E-state index contributed by atoms with van der Waals surface area (Å²) in [5.74, 6) is 0.859. The van der Waals surface area contributed by atoms with E-state index in [9.17, 15) is 4.79 Å². The van der Waals surface area contributed by atoms with Gasteiger partial charge in [0.25, 0.3) is 5.91 Å². The van der Waals surface area contributed by atoms with Crippen molar-refractivity contribution in [1.29, 1.82) is 0 Å². The Morgan fingerprint density at radius 2 is 2.18 bits per heavy atom. The van der Waals surface area contributed by atoms with E-state index in [1.54, 1.807) is 13.8 Å². The van der Waals surface area contributed by atoms with Crippen LogP contribution in [0.5, 0.6) is 5.75 Å². The lowest BCUT2D eigenvalue weighted by molar-refractivity contribution is -0.129. The maximum atomic E-state index is 11.8. The maximum absolute atomic E-state index is 11.8. The topological polar surface area (TPSA) is 64.3 Å². The monoisotopic (exact) mass is 234 g/mol. The third-order valence-electron chi connectivity index (χ3n) is 3.09. The number of hydrogen-bond donors (Lipinski definition) is 2. The zero-order chi connectivity index (χ0) is 12.6. The largest absolute Gasteiger partial charge is 0.476 e. The molecular weight excluding hydrogens is 216 g/mol. The summed E-state index contributed by atoms with van der Waals surface area (Å²) in [6, 6.07) is 5.81. The van der Waals surface area contributed by atoms with E-state index in [1.165, 1.54) is 0 Å². The molecule has 0 bridgehead atoms. The third kappa shape index (κ3) is 2.13. The summed E-state index contributed by atoms with van der Waals surface area (Å²) < 4.78 is 5.66. The number of anilines is 1. The summed E-state index contributed by atoms with van der Waals surface area (Å²) in [5.41, 5.74) is 6.66. The molecule has 1 unspecified atom stereocenters. The van der Waals surface area contributed by atoms with Gasteiger partial charge in [-0.2, -0.15) is 0 Å². The highest BCUT2D eigenvalue weighted by atomic mass is 16.5. The average Bonchev–Trinajstić information content (AvgIpc) is 2.28. The number of hydrogen-bond acceptors (Lipinski definition) is 3. The van der Waals surface area contributed by atoms with Crippen molar-refractivity contribution in [3.8, 4) is 5.75 Å². The quantitative estimate of drug-likeness (QED) is 0.821. The molecule has 2 rings (SSSR count). The summed E-state index contributed by atoms with van der Waals surface area (Å²) >= 11 is 0. The van der Waals surface area contributed by atoms with Gasteiger partial charge >= 0.3 is 0 Å². The molecule has 1 heterocycles. The van der Waals surface area contributed by atoms with Gasteiger partial charge in [-0.3, -0.25) is 4.79 Å². The first-order valence-electron chi connectivity index (χ1n) is 5.78. The third-order valence-corrected chi connectivity index (χ3v) is 3.09. The number of ether oxygens (including phenoxy) is 1. The number of carbonyl (C=O) groups is 1. The summed E-state index contributed by atoms with van der Waals surface area (Å²) in [6.07, 6.45) is 0. The molecule has 1 aliphatic heterocycles. The maximum Gasteiger partial charge on any atom is 0.268 e. The number of nitrogens with one attached hydrogen (secondary N) is 1. The molecule has 17 heavy (non-hydrogen) atoms. The molecule has 0 aromatic heterocycles. The van der Waals surface area contributed by atoms with Crippen LogP contribution in [-0.4, -0.2) is 18.1 Å². The van der Waals surface area contributed by atoms with Gasteiger partial charge < -0.3 is 15.8 Å². The van der Waals surface area contributed by atoms with E-state index < -0.39 is 5.60 Å². The van der Waals surface area contributed by atoms with Crippen LogP contribution in [0.4, 0.5) is 5.69 Å². The first-order chi connectivity index (χ1) is 7.94. The highest BCUT2D eigenvalue weighted by molar-refractivity contribution is 6.00. The SMILES string of the molecule is CC(CN)c1ccc2c(c1)NC(=O)C(C)(C)O2. The second-order valence-electron chi connectivity index (χ2n) is 4.96. The Bertz CT molecular complexity index is 455. The fourth-order valence-corrected chi connectivity index (χ4v) is 1.77. The predicted octanol–water partition coefficient (Wildman–Crippen LogP) is 1.86. The second-order valence-corrected chi connectivity index (χ2v) is 4.96. The van der Waals surface area contributed by atoms with Crippen molar-refractivity contribution in [2.45, 2.75) is 32.3 Å². The van der Waals surface area contributed by atoms with Crippen molar-refractivity contribution < 1.29 is 9.53 Å². The fourth-order valence-electron chi connectivity index (χ4n) is 1.77. The number of nitrogens with two attached hydrogens (primary N) is 1. The Morgan fingerprint density at radius 1 is 1.47 bits per heavy atom. The Hall–Kier alpha value is -1.55. The molecule has 1 amide bonds. The van der Waals surface area contributed by atoms with Crippen LogP contribution in [0.2, 0.25) is 0 Å². The van der Waals surface area contributed by atoms with E-state index >= 15 is 0 Å². The van der Waals surface area contributed by atoms with E-state index in [4.69, 9.17) is 10.5 Å². The zero-order valence-corrected chi connectivity index (χ0v) is 10.4. The van der Waals surface area contributed by atoms with Gasteiger partial charge in [0, 0.05) is 0 Å². The van der Waals surface area contributed by atoms with Gasteiger partial charge in [0.15, 0.2) is 5.60 Å². The normalized spacial score (nSPS) is 18.9. The Balaban J connectivity index is 2.36. The first kappa shape index (κ1) is 11.9. The molecular formula is C13H18N2O2. The fraction of sp³-hybridized carbons (Fsp3) is 0.462. The molecule has 1 atom stereocenters. The highest BCUT2D eigenvalue weighted by Gasteiger charge is 2.35. The van der Waals surface area contributed by atoms with Gasteiger partial charge in [-0.15, -0.1) is 0 Å². The summed E-state index contributed by atoms with van der Waals surface area (Å²) in [7, 11) is 0. The molecule has 92 valence electrons. The molecule has 0 saturated heterocycles. The standard InChI is InChI=1S/C13H18N2O2/c1-8(7-14)9-4-5-11-10(6-9)15-12(16)13(2,3)17-11/h4-6,8H,7,14H2,1-3H3,(H,15,16). The summed E-state index contributed by atoms with van der Waals surface area (Å²) in [5, 5.41) is 2.86. The van der Waals surface area contributed by atoms with Crippen LogP contribution in [0.15, 0.2) is 18.2 Å². The lowest BCUT2D eigenvalue weighted by Gasteiger charge is -2.32. The van der Waals surface area contributed by atoms with Gasteiger partial charge in [-0.1, -0.05) is 13.0 Å². The number of benzene rings is 1. The van der Waals surface area contributed by atoms with E-state index in [0.717, 1.165) is 11.3 Å². The van der Waals surface area contributed by atoms with Crippen LogP contribution >= 0.6 is 0 Å². The molecule has 4 nitrogen and oxygen atoms in total. The smallest absolute Gasteiger partial charge is 0.268 e. The van der Waals surface area contributed by atoms with Crippen LogP contribution < -0.4 is 15.8 Å². The Labute approximate surface area is 101 Å². The zero-order valence-electron chi connectivity index (χ0n) is 10.4. The summed E-state index contributed by atoms with van der Waals surface area (Å²) in [6.45, 7) is 6.14. The van der Waals surface area contributed by atoms with Crippen LogP contribution in [0, 0.1) is 0 Å². The molecule has 1 aromatic carbocycles. The van der Waals surface area contributed by atoms with Gasteiger partial charge in [-0.25, -0.2) is 0 Å². The molecule has 0 fully saturated rings. The van der Waals surface area contributed by atoms with Crippen LogP contribution in [-0.2, 0) is 4.79 Å². The molecule has 4 heteroatoms. The van der Waals surface area contributed by atoms with Crippen molar-refractivity contribution in [2.75, 3.05) is 11.9 Å². The molecule has 0 radical (unpaired) electrons. The molecule has 0 aliphatic carbocycles. The van der Waals surface area contributed by atoms with Crippen molar-refractivity contribution in [1.82, 2.24) is 0 Å². The van der Waals surface area contributed by atoms with Crippen LogP contribution in [0.3, 0.4) is 0 Å². The van der Waals surface area contributed by atoms with Gasteiger partial charge in [0.05, 0.1) is 5.69 Å². The van der Waals surface area contributed by atoms with E-state index in [-0.39, 0.29) is 11.8 Å². The van der Waals surface area contributed by atoms with Gasteiger partial charge in [0.1, 0.15) is 5.75 Å². The highest BCUT2D eigenvalue weighted by Crippen LogP contribution is 2.35. The van der Waals surface area contributed by atoms with E-state index in [1.807, 2.05) is 18.2 Å². The van der Waals surface area contributed by atoms with Crippen molar-refractivity contribution in [2.24, 2.45) is 5.73 Å². The molecule has 1 aromatic rings.